The van der Waals surface area contributed by atoms with Crippen molar-refractivity contribution in [3.63, 3.8) is 0 Å². The van der Waals surface area contributed by atoms with Gasteiger partial charge in [-0.3, -0.25) is 9.98 Å². The van der Waals surface area contributed by atoms with Crippen LogP contribution in [0, 0.1) is 0 Å². The summed E-state index contributed by atoms with van der Waals surface area (Å²) in [5.41, 5.74) is 2.04. The molecule has 0 atom stereocenters. The molecule has 0 bridgehead atoms. The molecule has 0 saturated heterocycles. The van der Waals surface area contributed by atoms with Gasteiger partial charge in [0.25, 0.3) is 0 Å². The zero-order valence-corrected chi connectivity index (χ0v) is 8.93. The van der Waals surface area contributed by atoms with Crippen LogP contribution in [0.25, 0.3) is 0 Å². The standard InChI is InChI=1S/C12H14N4/c1-3-11(15-5-1)9-13-7-8-14-10-12-4-2-6-16-12/h1-6,9-10,15-16H,7-8H2/b13-9+,14-10+. The molecular formula is C12H14N4. The molecule has 0 unspecified atom stereocenters. The van der Waals surface area contributed by atoms with Gasteiger partial charge in [0.15, 0.2) is 0 Å². The summed E-state index contributed by atoms with van der Waals surface area (Å²) in [4.78, 5) is 14.6. The van der Waals surface area contributed by atoms with Crippen LogP contribution in [0.15, 0.2) is 46.6 Å². The Labute approximate surface area is 94.2 Å². The maximum Gasteiger partial charge on any atom is 0.0586 e. The Balaban J connectivity index is 1.69. The van der Waals surface area contributed by atoms with Crippen molar-refractivity contribution in [1.82, 2.24) is 9.97 Å². The molecule has 2 aromatic rings. The number of aromatic nitrogens is 2. The average Bonchev–Trinajstić information content (AvgIpc) is 2.96. The van der Waals surface area contributed by atoms with Crippen LogP contribution in [0.2, 0.25) is 0 Å². The smallest absolute Gasteiger partial charge is 0.0586 e. The molecule has 0 spiro atoms. The van der Waals surface area contributed by atoms with Gasteiger partial charge in [0.1, 0.15) is 0 Å². The van der Waals surface area contributed by atoms with E-state index in [1.807, 2.05) is 49.1 Å². The maximum atomic E-state index is 4.25. The van der Waals surface area contributed by atoms with Crippen LogP contribution in [0.4, 0.5) is 0 Å². The number of nitrogens with one attached hydrogen (secondary N) is 2. The van der Waals surface area contributed by atoms with Crippen LogP contribution < -0.4 is 0 Å². The third-order valence-corrected chi connectivity index (χ3v) is 2.06. The van der Waals surface area contributed by atoms with Crippen molar-refractivity contribution in [3.05, 3.63) is 48.0 Å². The number of rotatable bonds is 5. The minimum atomic E-state index is 0.705. The maximum absolute atomic E-state index is 4.25. The first-order valence-electron chi connectivity index (χ1n) is 5.21. The molecule has 0 aromatic carbocycles. The molecule has 4 heteroatoms. The molecule has 0 radical (unpaired) electrons. The lowest BCUT2D eigenvalue weighted by Gasteiger charge is -1.88. The molecule has 16 heavy (non-hydrogen) atoms. The van der Waals surface area contributed by atoms with Crippen LogP contribution in [0.5, 0.6) is 0 Å². The second-order valence-corrected chi connectivity index (χ2v) is 3.32. The van der Waals surface area contributed by atoms with Gasteiger partial charge in [0.05, 0.1) is 24.5 Å². The molecule has 4 nitrogen and oxygen atoms in total. The third kappa shape index (κ3) is 3.24. The van der Waals surface area contributed by atoms with Crippen LogP contribution in [0.1, 0.15) is 11.4 Å². The minimum Gasteiger partial charge on any atom is -0.360 e. The van der Waals surface area contributed by atoms with Gasteiger partial charge in [0.2, 0.25) is 0 Å². The summed E-state index contributed by atoms with van der Waals surface area (Å²) in [6, 6.07) is 7.85. The second-order valence-electron chi connectivity index (χ2n) is 3.32. The Morgan fingerprint density at radius 2 is 1.38 bits per heavy atom. The zero-order valence-electron chi connectivity index (χ0n) is 8.93. The van der Waals surface area contributed by atoms with Gasteiger partial charge < -0.3 is 9.97 Å². The highest BCUT2D eigenvalue weighted by molar-refractivity contribution is 5.77. The van der Waals surface area contributed by atoms with Gasteiger partial charge in [-0.1, -0.05) is 0 Å². The molecule has 0 amide bonds. The van der Waals surface area contributed by atoms with Crippen molar-refractivity contribution in [3.8, 4) is 0 Å². The summed E-state index contributed by atoms with van der Waals surface area (Å²) in [5.74, 6) is 0. The van der Waals surface area contributed by atoms with Crippen LogP contribution >= 0.6 is 0 Å². The molecule has 0 aliphatic rings. The van der Waals surface area contributed by atoms with Crippen molar-refractivity contribution in [2.45, 2.75) is 0 Å². The lowest BCUT2D eigenvalue weighted by atomic mass is 10.4. The van der Waals surface area contributed by atoms with Gasteiger partial charge in [0, 0.05) is 24.8 Å². The van der Waals surface area contributed by atoms with Gasteiger partial charge in [-0.25, -0.2) is 0 Å². The van der Waals surface area contributed by atoms with Crippen LogP contribution in [-0.4, -0.2) is 35.5 Å². The number of aliphatic imine (C=N–C) groups is 2. The first-order chi connectivity index (χ1) is 7.95. The highest BCUT2D eigenvalue weighted by Crippen LogP contribution is 1.90. The third-order valence-electron chi connectivity index (χ3n) is 2.06. The Bertz CT molecular complexity index is 393. The second kappa shape index (κ2) is 5.70. The van der Waals surface area contributed by atoms with E-state index >= 15 is 0 Å². The van der Waals surface area contributed by atoms with E-state index in [0.29, 0.717) is 13.1 Å². The minimum absolute atomic E-state index is 0.705. The van der Waals surface area contributed by atoms with Gasteiger partial charge in [-0.05, 0) is 24.3 Å². The van der Waals surface area contributed by atoms with E-state index < -0.39 is 0 Å². The van der Waals surface area contributed by atoms with Crippen molar-refractivity contribution in [2.24, 2.45) is 9.98 Å². The van der Waals surface area contributed by atoms with E-state index in [9.17, 15) is 0 Å². The number of H-pyrrole nitrogens is 2. The lowest BCUT2D eigenvalue weighted by molar-refractivity contribution is 0.983. The van der Waals surface area contributed by atoms with Crippen molar-refractivity contribution < 1.29 is 0 Å². The number of hydrogen-bond donors (Lipinski definition) is 2. The van der Waals surface area contributed by atoms with Gasteiger partial charge in [-0.2, -0.15) is 0 Å². The fourth-order valence-electron chi connectivity index (χ4n) is 1.29. The molecule has 0 aliphatic heterocycles. The molecule has 2 rings (SSSR count). The molecule has 82 valence electrons. The van der Waals surface area contributed by atoms with Crippen molar-refractivity contribution >= 4 is 12.4 Å². The number of nitrogens with zero attached hydrogens (tertiary/aromatic N) is 2. The number of hydrogen-bond acceptors (Lipinski definition) is 2. The summed E-state index contributed by atoms with van der Waals surface area (Å²) in [7, 11) is 0. The van der Waals surface area contributed by atoms with Crippen LogP contribution in [-0.2, 0) is 0 Å². The van der Waals surface area contributed by atoms with E-state index in [1.165, 1.54) is 0 Å². The first-order valence-corrected chi connectivity index (χ1v) is 5.21. The predicted molar refractivity (Wildman–Crippen MR) is 66.5 cm³/mol. The summed E-state index contributed by atoms with van der Waals surface area (Å²) in [6.45, 7) is 1.41. The molecule has 0 saturated carbocycles. The molecule has 0 aliphatic carbocycles. The topological polar surface area (TPSA) is 56.3 Å². The van der Waals surface area contributed by atoms with Gasteiger partial charge in [-0.15, -0.1) is 0 Å². The summed E-state index contributed by atoms with van der Waals surface area (Å²) in [6.07, 6.45) is 7.41. The zero-order chi connectivity index (χ0) is 11.1. The number of aromatic amines is 2. The summed E-state index contributed by atoms with van der Waals surface area (Å²) in [5, 5.41) is 0. The highest BCUT2D eigenvalue weighted by atomic mass is 14.8. The highest BCUT2D eigenvalue weighted by Gasteiger charge is 1.85. The Hall–Kier alpha value is -2.10. The van der Waals surface area contributed by atoms with Gasteiger partial charge >= 0.3 is 0 Å². The van der Waals surface area contributed by atoms with E-state index in [0.717, 1.165) is 11.4 Å². The Morgan fingerprint density at radius 1 is 0.875 bits per heavy atom. The molecule has 0 fully saturated rings. The average molecular weight is 214 g/mol. The lowest BCUT2D eigenvalue weighted by Crippen LogP contribution is -1.90. The predicted octanol–water partition coefficient (Wildman–Crippen LogP) is 1.88. The van der Waals surface area contributed by atoms with Crippen LogP contribution in [0.3, 0.4) is 0 Å². The normalized spacial score (nSPS) is 11.8. The van der Waals surface area contributed by atoms with Crippen molar-refractivity contribution in [2.75, 3.05) is 13.1 Å². The molecule has 2 aromatic heterocycles. The fraction of sp³-hybridized carbons (Fsp3) is 0.167. The SMILES string of the molecule is C(=N\CC/N=C/c1ccc[nH]1)/c1ccc[nH]1. The van der Waals surface area contributed by atoms with E-state index in [4.69, 9.17) is 0 Å². The van der Waals surface area contributed by atoms with E-state index in [-0.39, 0.29) is 0 Å². The van der Waals surface area contributed by atoms with E-state index in [2.05, 4.69) is 20.0 Å². The van der Waals surface area contributed by atoms with Crippen molar-refractivity contribution in [1.29, 1.82) is 0 Å². The summed E-state index contributed by atoms with van der Waals surface area (Å²) >= 11 is 0. The molecular weight excluding hydrogens is 200 g/mol. The van der Waals surface area contributed by atoms with E-state index in [1.54, 1.807) is 0 Å². The molecule has 2 heterocycles. The molecule has 2 N–H and O–H groups in total. The summed E-state index contributed by atoms with van der Waals surface area (Å²) < 4.78 is 0. The Kier molecular flexibility index (Phi) is 3.71. The quantitative estimate of drug-likeness (QED) is 0.564. The first kappa shape index (κ1) is 10.4. The fourth-order valence-corrected chi connectivity index (χ4v) is 1.29. The largest absolute Gasteiger partial charge is 0.360 e. The Morgan fingerprint density at radius 3 is 1.75 bits per heavy atom. The monoisotopic (exact) mass is 214 g/mol.